The van der Waals surface area contributed by atoms with E-state index in [9.17, 15) is 8.42 Å². The Hall–Kier alpha value is -0.170. The molecule has 2 rings (SSSR count). The van der Waals surface area contributed by atoms with Crippen molar-refractivity contribution in [3.8, 4) is 0 Å². The van der Waals surface area contributed by atoms with Crippen molar-refractivity contribution >= 4 is 10.2 Å². The number of nitrogens with one attached hydrogen (secondary N) is 1. The lowest BCUT2D eigenvalue weighted by atomic mass is 10.1. The fourth-order valence-electron chi connectivity index (χ4n) is 1.79. The SMILES string of the molecule is C[C@H]1CC[C@@H](NS(=O)(=O)N2CCC2)CO1. The predicted molar refractivity (Wildman–Crippen MR) is 56.7 cm³/mol. The molecular weight excluding hydrogens is 216 g/mol. The van der Waals surface area contributed by atoms with Crippen LogP contribution >= 0.6 is 0 Å². The third-order valence-corrected chi connectivity index (χ3v) is 4.65. The fraction of sp³-hybridized carbons (Fsp3) is 1.00. The van der Waals surface area contributed by atoms with E-state index >= 15 is 0 Å². The highest BCUT2D eigenvalue weighted by atomic mass is 32.2. The normalized spacial score (nSPS) is 33.7. The van der Waals surface area contributed by atoms with Crippen molar-refractivity contribution in [3.63, 3.8) is 0 Å². The summed E-state index contributed by atoms with van der Waals surface area (Å²) < 4.78 is 33.0. The van der Waals surface area contributed by atoms with Crippen molar-refractivity contribution in [2.75, 3.05) is 19.7 Å². The van der Waals surface area contributed by atoms with E-state index in [1.54, 1.807) is 0 Å². The molecule has 0 aromatic carbocycles. The van der Waals surface area contributed by atoms with Gasteiger partial charge in [-0.05, 0) is 26.2 Å². The largest absolute Gasteiger partial charge is 0.377 e. The third-order valence-electron chi connectivity index (χ3n) is 2.97. The van der Waals surface area contributed by atoms with Gasteiger partial charge >= 0.3 is 0 Å². The lowest BCUT2D eigenvalue weighted by molar-refractivity contribution is 0.0131. The van der Waals surface area contributed by atoms with Gasteiger partial charge in [0.15, 0.2) is 0 Å². The summed E-state index contributed by atoms with van der Waals surface area (Å²) in [6, 6.07) is -0.0493. The fourth-order valence-corrected chi connectivity index (χ4v) is 3.28. The minimum absolute atomic E-state index is 0.0493. The van der Waals surface area contributed by atoms with Crippen LogP contribution in [0.15, 0.2) is 0 Å². The molecule has 2 heterocycles. The highest BCUT2D eigenvalue weighted by Gasteiger charge is 2.31. The lowest BCUT2D eigenvalue weighted by Gasteiger charge is -2.33. The maximum absolute atomic E-state index is 11.7. The molecule has 0 aromatic rings. The Morgan fingerprint density at radius 2 is 2.07 bits per heavy atom. The van der Waals surface area contributed by atoms with Gasteiger partial charge in [-0.1, -0.05) is 0 Å². The highest BCUT2D eigenvalue weighted by molar-refractivity contribution is 7.87. The Morgan fingerprint density at radius 3 is 2.53 bits per heavy atom. The first-order chi connectivity index (χ1) is 7.08. The molecule has 15 heavy (non-hydrogen) atoms. The van der Waals surface area contributed by atoms with E-state index in [1.165, 1.54) is 4.31 Å². The van der Waals surface area contributed by atoms with Gasteiger partial charge in [-0.25, -0.2) is 0 Å². The van der Waals surface area contributed by atoms with E-state index in [0.29, 0.717) is 19.7 Å². The summed E-state index contributed by atoms with van der Waals surface area (Å²) in [5, 5.41) is 0. The Labute approximate surface area is 91.0 Å². The summed E-state index contributed by atoms with van der Waals surface area (Å²) in [5.74, 6) is 0. The van der Waals surface area contributed by atoms with E-state index in [1.807, 2.05) is 6.92 Å². The number of ether oxygens (including phenoxy) is 1. The summed E-state index contributed by atoms with van der Waals surface area (Å²) in [4.78, 5) is 0. The Balaban J connectivity index is 1.85. The summed E-state index contributed by atoms with van der Waals surface area (Å²) in [6.07, 6.45) is 3.02. The van der Waals surface area contributed by atoms with Crippen LogP contribution < -0.4 is 4.72 Å². The Morgan fingerprint density at radius 1 is 1.33 bits per heavy atom. The van der Waals surface area contributed by atoms with E-state index in [0.717, 1.165) is 19.3 Å². The van der Waals surface area contributed by atoms with Crippen LogP contribution in [0.2, 0.25) is 0 Å². The van der Waals surface area contributed by atoms with Gasteiger partial charge in [-0.3, -0.25) is 0 Å². The van der Waals surface area contributed by atoms with Crippen LogP contribution in [-0.2, 0) is 14.9 Å². The first kappa shape index (κ1) is 11.3. The summed E-state index contributed by atoms with van der Waals surface area (Å²) in [5.41, 5.74) is 0. The zero-order chi connectivity index (χ0) is 10.9. The van der Waals surface area contributed by atoms with Crippen molar-refractivity contribution in [2.45, 2.75) is 38.3 Å². The first-order valence-electron chi connectivity index (χ1n) is 5.47. The minimum atomic E-state index is -3.24. The van der Waals surface area contributed by atoms with Crippen LogP contribution in [-0.4, -0.2) is 44.6 Å². The molecule has 0 unspecified atom stereocenters. The van der Waals surface area contributed by atoms with Gasteiger partial charge in [0.05, 0.1) is 12.7 Å². The third kappa shape index (κ3) is 2.69. The van der Waals surface area contributed by atoms with Crippen molar-refractivity contribution < 1.29 is 13.2 Å². The molecule has 2 fully saturated rings. The summed E-state index contributed by atoms with van der Waals surface area (Å²) in [7, 11) is -3.24. The molecule has 88 valence electrons. The van der Waals surface area contributed by atoms with Gasteiger partial charge in [0.25, 0.3) is 10.2 Å². The quantitative estimate of drug-likeness (QED) is 0.753. The number of nitrogens with zero attached hydrogens (tertiary/aromatic N) is 1. The zero-order valence-electron chi connectivity index (χ0n) is 8.98. The van der Waals surface area contributed by atoms with Gasteiger partial charge in [0, 0.05) is 19.1 Å². The number of rotatable bonds is 3. The molecule has 0 radical (unpaired) electrons. The smallest absolute Gasteiger partial charge is 0.279 e. The van der Waals surface area contributed by atoms with Crippen molar-refractivity contribution in [3.05, 3.63) is 0 Å². The first-order valence-corrected chi connectivity index (χ1v) is 6.91. The topological polar surface area (TPSA) is 58.6 Å². The Bertz CT molecular complexity index is 305. The van der Waals surface area contributed by atoms with Gasteiger partial charge in [0.2, 0.25) is 0 Å². The maximum atomic E-state index is 11.7. The molecule has 2 aliphatic rings. The van der Waals surface area contributed by atoms with Crippen LogP contribution in [0.4, 0.5) is 0 Å². The van der Waals surface area contributed by atoms with Crippen molar-refractivity contribution in [1.29, 1.82) is 0 Å². The second-order valence-electron chi connectivity index (χ2n) is 4.29. The monoisotopic (exact) mass is 234 g/mol. The molecule has 5 nitrogen and oxygen atoms in total. The van der Waals surface area contributed by atoms with Crippen LogP contribution in [0.1, 0.15) is 26.2 Å². The molecule has 2 saturated heterocycles. The van der Waals surface area contributed by atoms with E-state index in [-0.39, 0.29) is 12.1 Å². The maximum Gasteiger partial charge on any atom is 0.279 e. The van der Waals surface area contributed by atoms with Crippen LogP contribution in [0.25, 0.3) is 0 Å². The molecule has 1 N–H and O–H groups in total. The summed E-state index contributed by atoms with van der Waals surface area (Å²) in [6.45, 7) is 3.81. The summed E-state index contributed by atoms with van der Waals surface area (Å²) >= 11 is 0. The van der Waals surface area contributed by atoms with Crippen LogP contribution in [0.5, 0.6) is 0 Å². The Kier molecular flexibility index (Phi) is 3.30. The standard InChI is InChI=1S/C9H18N2O3S/c1-8-3-4-9(7-14-8)10-15(12,13)11-5-2-6-11/h8-10H,2-7H2,1H3/t8-,9+/m0/s1. The van der Waals surface area contributed by atoms with E-state index in [4.69, 9.17) is 4.74 Å². The minimum Gasteiger partial charge on any atom is -0.377 e. The molecule has 0 aliphatic carbocycles. The van der Waals surface area contributed by atoms with Gasteiger partial charge in [-0.15, -0.1) is 0 Å². The molecule has 0 saturated carbocycles. The molecule has 2 aliphatic heterocycles. The van der Waals surface area contributed by atoms with E-state index < -0.39 is 10.2 Å². The van der Waals surface area contributed by atoms with Gasteiger partial charge in [-0.2, -0.15) is 17.4 Å². The second-order valence-corrected chi connectivity index (χ2v) is 6.00. The number of hydrogen-bond donors (Lipinski definition) is 1. The average molecular weight is 234 g/mol. The molecule has 0 spiro atoms. The molecule has 2 atom stereocenters. The molecule has 0 amide bonds. The van der Waals surface area contributed by atoms with Crippen LogP contribution in [0, 0.1) is 0 Å². The second kappa shape index (κ2) is 4.37. The highest BCUT2D eigenvalue weighted by Crippen LogP contribution is 2.16. The van der Waals surface area contributed by atoms with Gasteiger partial charge < -0.3 is 4.74 Å². The lowest BCUT2D eigenvalue weighted by Crippen LogP contribution is -2.52. The average Bonchev–Trinajstić information content (AvgIpc) is 2.04. The zero-order valence-corrected chi connectivity index (χ0v) is 9.79. The molecule has 0 aromatic heterocycles. The van der Waals surface area contributed by atoms with Crippen molar-refractivity contribution in [1.82, 2.24) is 9.03 Å². The molecule has 0 bridgehead atoms. The number of hydrogen-bond acceptors (Lipinski definition) is 3. The predicted octanol–water partition coefficient (Wildman–Crippen LogP) is 0.0940. The van der Waals surface area contributed by atoms with Gasteiger partial charge in [0.1, 0.15) is 0 Å². The molecule has 6 heteroatoms. The van der Waals surface area contributed by atoms with E-state index in [2.05, 4.69) is 4.72 Å². The van der Waals surface area contributed by atoms with Crippen LogP contribution in [0.3, 0.4) is 0 Å². The van der Waals surface area contributed by atoms with Crippen molar-refractivity contribution in [2.24, 2.45) is 0 Å². The molecular formula is C9H18N2O3S.